The van der Waals surface area contributed by atoms with Crippen LogP contribution >= 0.6 is 0 Å². The van der Waals surface area contributed by atoms with Gasteiger partial charge in [0.25, 0.3) is 0 Å². The first-order valence-corrected chi connectivity index (χ1v) is 7.05. The van der Waals surface area contributed by atoms with Crippen molar-refractivity contribution in [1.82, 2.24) is 0 Å². The van der Waals surface area contributed by atoms with E-state index in [1.54, 1.807) is 30.3 Å². The molecule has 0 aromatic heterocycles. The van der Waals surface area contributed by atoms with Gasteiger partial charge in [-0.05, 0) is 19.3 Å². The molecule has 1 aliphatic carbocycles. The normalized spacial score (nSPS) is 16.8. The maximum absolute atomic E-state index is 12.4. The summed E-state index contributed by atoms with van der Waals surface area (Å²) < 4.78 is 5.23. The zero-order valence-corrected chi connectivity index (χ0v) is 11.9. The molecule has 21 heavy (non-hydrogen) atoms. The Balaban J connectivity index is 2.11. The number of esters is 1. The fourth-order valence-corrected chi connectivity index (χ4v) is 2.17. The number of aliphatic carboxylic acids is 1. The third-order valence-corrected chi connectivity index (χ3v) is 3.70. The van der Waals surface area contributed by atoms with Crippen molar-refractivity contribution in [2.75, 3.05) is 0 Å². The van der Waals surface area contributed by atoms with E-state index in [1.807, 2.05) is 6.92 Å². The van der Waals surface area contributed by atoms with Gasteiger partial charge >= 0.3 is 11.9 Å². The molecule has 5 nitrogen and oxygen atoms in total. The summed E-state index contributed by atoms with van der Waals surface area (Å²) in [5, 5.41) is 9.09. The molecule has 1 atom stereocenters. The van der Waals surface area contributed by atoms with E-state index in [9.17, 15) is 14.4 Å². The number of benzene rings is 1. The summed E-state index contributed by atoms with van der Waals surface area (Å²) in [5.74, 6) is -2.25. The molecule has 2 rings (SSSR count). The summed E-state index contributed by atoms with van der Waals surface area (Å²) in [7, 11) is 0. The minimum atomic E-state index is -1.43. The van der Waals surface area contributed by atoms with E-state index < -0.39 is 23.5 Å². The van der Waals surface area contributed by atoms with Crippen LogP contribution in [0.25, 0.3) is 0 Å². The van der Waals surface area contributed by atoms with E-state index in [-0.39, 0.29) is 18.6 Å². The molecule has 0 amide bonds. The molecule has 1 aromatic carbocycles. The van der Waals surface area contributed by atoms with E-state index in [0.717, 1.165) is 0 Å². The SMILES string of the molecule is CCCC(OC(=O)C1(C(=O)O)CC1)C(=O)c1ccccc1. The Morgan fingerprint density at radius 1 is 1.24 bits per heavy atom. The minimum absolute atomic E-state index is 0.277. The van der Waals surface area contributed by atoms with E-state index in [4.69, 9.17) is 9.84 Å². The van der Waals surface area contributed by atoms with E-state index in [2.05, 4.69) is 0 Å². The average molecular weight is 290 g/mol. The molecule has 1 unspecified atom stereocenters. The highest BCUT2D eigenvalue weighted by atomic mass is 16.6. The molecule has 5 heteroatoms. The van der Waals surface area contributed by atoms with Crippen LogP contribution in [0.5, 0.6) is 0 Å². The fourth-order valence-electron chi connectivity index (χ4n) is 2.17. The molecular formula is C16H18O5. The van der Waals surface area contributed by atoms with Crippen molar-refractivity contribution in [2.45, 2.75) is 38.7 Å². The van der Waals surface area contributed by atoms with Crippen molar-refractivity contribution in [3.63, 3.8) is 0 Å². The molecular weight excluding hydrogens is 272 g/mol. The van der Waals surface area contributed by atoms with Gasteiger partial charge in [0.05, 0.1) is 0 Å². The van der Waals surface area contributed by atoms with Gasteiger partial charge in [-0.2, -0.15) is 0 Å². The number of Topliss-reactive ketones (excluding diaryl/α,β-unsaturated/α-hetero) is 1. The predicted octanol–water partition coefficient (Wildman–Crippen LogP) is 2.45. The van der Waals surface area contributed by atoms with Crippen molar-refractivity contribution < 1.29 is 24.2 Å². The van der Waals surface area contributed by atoms with Gasteiger partial charge in [0, 0.05) is 5.56 Å². The van der Waals surface area contributed by atoms with Crippen LogP contribution in [0.1, 0.15) is 43.0 Å². The summed E-state index contributed by atoms with van der Waals surface area (Å²) >= 11 is 0. The lowest BCUT2D eigenvalue weighted by Gasteiger charge is -2.18. The van der Waals surface area contributed by atoms with Crippen LogP contribution in [0.4, 0.5) is 0 Å². The molecule has 0 bridgehead atoms. The second kappa shape index (κ2) is 6.08. The Hall–Kier alpha value is -2.17. The molecule has 0 saturated heterocycles. The number of ether oxygens (including phenoxy) is 1. The van der Waals surface area contributed by atoms with Crippen LogP contribution < -0.4 is 0 Å². The third-order valence-electron chi connectivity index (χ3n) is 3.70. The second-order valence-electron chi connectivity index (χ2n) is 5.30. The van der Waals surface area contributed by atoms with E-state index in [1.165, 1.54) is 0 Å². The Bertz CT molecular complexity index is 545. The molecule has 0 spiro atoms. The van der Waals surface area contributed by atoms with Gasteiger partial charge in [0.1, 0.15) is 0 Å². The van der Waals surface area contributed by atoms with E-state index in [0.29, 0.717) is 18.4 Å². The van der Waals surface area contributed by atoms with Gasteiger partial charge < -0.3 is 9.84 Å². The number of hydrogen-bond donors (Lipinski definition) is 1. The lowest BCUT2D eigenvalue weighted by Crippen LogP contribution is -2.34. The van der Waals surface area contributed by atoms with E-state index >= 15 is 0 Å². The highest BCUT2D eigenvalue weighted by Gasteiger charge is 2.59. The third kappa shape index (κ3) is 3.12. The first kappa shape index (κ1) is 15.2. The number of hydrogen-bond acceptors (Lipinski definition) is 4. The van der Waals surface area contributed by atoms with Gasteiger partial charge in [0.15, 0.2) is 11.5 Å². The van der Waals surface area contributed by atoms with Crippen LogP contribution in [-0.2, 0) is 14.3 Å². The topological polar surface area (TPSA) is 80.7 Å². The quantitative estimate of drug-likeness (QED) is 0.474. The highest BCUT2D eigenvalue weighted by Crippen LogP contribution is 2.47. The van der Waals surface area contributed by atoms with Crippen LogP contribution in [0, 0.1) is 5.41 Å². The van der Waals surface area contributed by atoms with Crippen LogP contribution in [0.2, 0.25) is 0 Å². The van der Waals surface area contributed by atoms with Crippen molar-refractivity contribution in [3.8, 4) is 0 Å². The first-order valence-electron chi connectivity index (χ1n) is 7.05. The minimum Gasteiger partial charge on any atom is -0.480 e. The lowest BCUT2D eigenvalue weighted by molar-refractivity contribution is -0.163. The number of carbonyl (C=O) groups excluding carboxylic acids is 2. The molecule has 1 N–H and O–H groups in total. The molecule has 0 aliphatic heterocycles. The van der Waals surface area contributed by atoms with Crippen LogP contribution in [-0.4, -0.2) is 28.9 Å². The molecule has 112 valence electrons. The summed E-state index contributed by atoms with van der Waals surface area (Å²) in [6.45, 7) is 1.88. The Morgan fingerprint density at radius 3 is 2.33 bits per heavy atom. The molecule has 1 saturated carbocycles. The number of carboxylic acid groups (broad SMARTS) is 1. The fraction of sp³-hybridized carbons (Fsp3) is 0.438. The van der Waals surface area contributed by atoms with Gasteiger partial charge in [-0.15, -0.1) is 0 Å². The second-order valence-corrected chi connectivity index (χ2v) is 5.30. The van der Waals surface area contributed by atoms with Gasteiger partial charge in [-0.1, -0.05) is 43.7 Å². The van der Waals surface area contributed by atoms with Crippen LogP contribution in [0.3, 0.4) is 0 Å². The molecule has 1 aromatic rings. The monoisotopic (exact) mass is 290 g/mol. The number of ketones is 1. The summed E-state index contributed by atoms with van der Waals surface area (Å²) in [6, 6.07) is 8.57. The van der Waals surface area contributed by atoms with Crippen molar-refractivity contribution in [2.24, 2.45) is 5.41 Å². The maximum atomic E-state index is 12.4. The van der Waals surface area contributed by atoms with Crippen molar-refractivity contribution >= 4 is 17.7 Å². The Morgan fingerprint density at radius 2 is 1.86 bits per heavy atom. The van der Waals surface area contributed by atoms with Gasteiger partial charge in [-0.25, -0.2) is 0 Å². The standard InChI is InChI=1S/C16H18O5/c1-2-6-12(13(17)11-7-4-3-5-8-11)21-15(20)16(9-10-16)14(18)19/h3-5,7-8,12H,2,6,9-10H2,1H3,(H,18,19). The van der Waals surface area contributed by atoms with Gasteiger partial charge in [0.2, 0.25) is 5.78 Å². The largest absolute Gasteiger partial charge is 0.480 e. The smallest absolute Gasteiger partial charge is 0.324 e. The first-order chi connectivity index (χ1) is 10.0. The summed E-state index contributed by atoms with van der Waals surface area (Å²) in [4.78, 5) is 35.5. The average Bonchev–Trinajstić information content (AvgIpc) is 3.28. The van der Waals surface area contributed by atoms with Crippen molar-refractivity contribution in [1.29, 1.82) is 0 Å². The molecule has 1 aliphatic rings. The Labute approximate surface area is 122 Å². The zero-order chi connectivity index (χ0) is 15.5. The van der Waals surface area contributed by atoms with Crippen molar-refractivity contribution in [3.05, 3.63) is 35.9 Å². The molecule has 0 heterocycles. The zero-order valence-electron chi connectivity index (χ0n) is 11.9. The highest BCUT2D eigenvalue weighted by molar-refractivity contribution is 6.05. The van der Waals surface area contributed by atoms with Gasteiger partial charge in [-0.3, -0.25) is 14.4 Å². The predicted molar refractivity (Wildman–Crippen MR) is 74.9 cm³/mol. The maximum Gasteiger partial charge on any atom is 0.324 e. The number of carbonyl (C=O) groups is 3. The number of carboxylic acids is 1. The molecule has 1 fully saturated rings. The Kier molecular flexibility index (Phi) is 4.40. The summed E-state index contributed by atoms with van der Waals surface area (Å²) in [5.41, 5.74) is -0.966. The summed E-state index contributed by atoms with van der Waals surface area (Å²) in [6.07, 6.45) is 0.687. The van der Waals surface area contributed by atoms with Crippen LogP contribution in [0.15, 0.2) is 30.3 Å². The lowest BCUT2D eigenvalue weighted by atomic mass is 10.0. The molecule has 0 radical (unpaired) electrons. The number of rotatable bonds is 7.